The average molecular weight is 543 g/mol. The maximum absolute atomic E-state index is 15.1. The van der Waals surface area contributed by atoms with E-state index in [9.17, 15) is 19.6 Å². The third-order valence-corrected chi connectivity index (χ3v) is 8.63. The first-order chi connectivity index (χ1) is 18.7. The zero-order valence-electron chi connectivity index (χ0n) is 22.2. The number of nitriles is 1. The molecular weight excluding hydrogens is 506 g/mol. The van der Waals surface area contributed by atoms with Crippen LogP contribution in [0.4, 0.5) is 14.5 Å². The minimum Gasteiger partial charge on any atom is -0.372 e. The van der Waals surface area contributed by atoms with Gasteiger partial charge < -0.3 is 20.9 Å². The van der Waals surface area contributed by atoms with E-state index in [1.165, 1.54) is 4.90 Å². The fourth-order valence-corrected chi connectivity index (χ4v) is 6.49. The summed E-state index contributed by atoms with van der Waals surface area (Å²) >= 11 is 0. The number of carbonyl (C=O) groups excluding carboxylic acids is 3. The van der Waals surface area contributed by atoms with Gasteiger partial charge in [0.05, 0.1) is 17.7 Å². The molecule has 210 valence electrons. The number of hydrogen-bond acceptors (Lipinski definition) is 6. The molecule has 0 spiro atoms. The highest BCUT2D eigenvalue weighted by Crippen LogP contribution is 2.49. The fourth-order valence-electron chi connectivity index (χ4n) is 6.49. The molecule has 9 nitrogen and oxygen atoms in total. The molecule has 3 N–H and O–H groups in total. The van der Waals surface area contributed by atoms with Crippen molar-refractivity contribution in [2.24, 2.45) is 17.8 Å². The molecule has 2 saturated carbocycles. The second kappa shape index (κ2) is 11.1. The number of nitrogens with one attached hydrogen (secondary N) is 3. The summed E-state index contributed by atoms with van der Waals surface area (Å²) in [6.45, 7) is 2.47. The topological polar surface area (TPSA) is 127 Å². The number of piperidine rings is 3. The van der Waals surface area contributed by atoms with Crippen LogP contribution in [-0.4, -0.2) is 64.2 Å². The molecule has 0 unspecified atom stereocenters. The van der Waals surface area contributed by atoms with E-state index in [-0.39, 0.29) is 24.7 Å². The SMILES string of the molecule is Cc1cncc(N[C@@H](CC2CC2)C(=O)N2[C@@H]3CC[C@H]([C@@H]2C(=O)N[C@H](C#N)C[C@@H]2CCCNC2=O)C(F)(F)C3)c1. The summed E-state index contributed by atoms with van der Waals surface area (Å²) in [5.41, 5.74) is 1.58. The molecule has 2 aliphatic carbocycles. The Bertz CT molecular complexity index is 1150. The first-order valence-corrected chi connectivity index (χ1v) is 14.0. The number of pyridine rings is 1. The van der Waals surface area contributed by atoms with Gasteiger partial charge in [0.2, 0.25) is 17.7 Å². The van der Waals surface area contributed by atoms with Crippen LogP contribution >= 0.6 is 0 Å². The van der Waals surface area contributed by atoms with Gasteiger partial charge in [-0.05, 0) is 63.0 Å². The predicted molar refractivity (Wildman–Crippen MR) is 138 cm³/mol. The molecule has 5 aliphatic rings. The third kappa shape index (κ3) is 5.99. The van der Waals surface area contributed by atoms with Crippen molar-refractivity contribution < 1.29 is 23.2 Å². The lowest BCUT2D eigenvalue weighted by Crippen LogP contribution is -2.70. The molecule has 6 atom stereocenters. The van der Waals surface area contributed by atoms with Gasteiger partial charge in [0.15, 0.2) is 0 Å². The highest BCUT2D eigenvalue weighted by Gasteiger charge is 2.61. The Morgan fingerprint density at radius 2 is 2.03 bits per heavy atom. The maximum atomic E-state index is 15.1. The van der Waals surface area contributed by atoms with E-state index in [0.717, 1.165) is 24.8 Å². The number of carbonyl (C=O) groups is 3. The largest absolute Gasteiger partial charge is 0.372 e. The molecule has 1 aromatic rings. The third-order valence-electron chi connectivity index (χ3n) is 8.63. The van der Waals surface area contributed by atoms with Crippen molar-refractivity contribution in [1.82, 2.24) is 20.5 Å². The molecule has 39 heavy (non-hydrogen) atoms. The maximum Gasteiger partial charge on any atom is 0.255 e. The van der Waals surface area contributed by atoms with E-state index in [4.69, 9.17) is 0 Å². The molecule has 3 saturated heterocycles. The van der Waals surface area contributed by atoms with Crippen LogP contribution in [0.3, 0.4) is 0 Å². The van der Waals surface area contributed by atoms with Crippen LogP contribution < -0.4 is 16.0 Å². The van der Waals surface area contributed by atoms with Crippen molar-refractivity contribution >= 4 is 23.4 Å². The molecule has 1 aromatic heterocycles. The summed E-state index contributed by atoms with van der Waals surface area (Å²) in [6.07, 6.45) is 7.42. The number of aryl methyl sites for hydroxylation is 1. The molecule has 0 radical (unpaired) electrons. The van der Waals surface area contributed by atoms with Gasteiger partial charge in [0.1, 0.15) is 18.1 Å². The van der Waals surface area contributed by atoms with E-state index in [2.05, 4.69) is 20.9 Å². The summed E-state index contributed by atoms with van der Waals surface area (Å²) < 4.78 is 30.3. The number of anilines is 1. The number of halogens is 2. The van der Waals surface area contributed by atoms with Crippen LogP contribution in [0.25, 0.3) is 0 Å². The van der Waals surface area contributed by atoms with Crippen molar-refractivity contribution in [3.63, 3.8) is 0 Å². The molecule has 2 bridgehead atoms. The highest BCUT2D eigenvalue weighted by atomic mass is 19.3. The van der Waals surface area contributed by atoms with Crippen LogP contribution in [0.2, 0.25) is 0 Å². The van der Waals surface area contributed by atoms with Crippen LogP contribution in [0.15, 0.2) is 18.5 Å². The normalized spacial score (nSPS) is 29.1. The molecule has 3 amide bonds. The van der Waals surface area contributed by atoms with Gasteiger partial charge in [0, 0.05) is 37.3 Å². The Kier molecular flexibility index (Phi) is 7.74. The predicted octanol–water partition coefficient (Wildman–Crippen LogP) is 2.91. The molecule has 11 heteroatoms. The highest BCUT2D eigenvalue weighted by molar-refractivity contribution is 5.92. The number of rotatable bonds is 9. The zero-order chi connectivity index (χ0) is 27.7. The lowest BCUT2D eigenvalue weighted by Gasteiger charge is -2.54. The number of amides is 3. The first kappa shape index (κ1) is 27.3. The van der Waals surface area contributed by atoms with Gasteiger partial charge in [-0.3, -0.25) is 19.4 Å². The minimum atomic E-state index is -3.09. The monoisotopic (exact) mass is 542 g/mol. The second-order valence-electron chi connectivity index (χ2n) is 11.7. The standard InChI is InChI=1S/C28H36F2N6O3/c1-16-9-20(15-32-14-16)34-23(10-17-4-5-17)27(39)36-21-6-7-22(28(29,30)12-21)24(36)26(38)35-19(13-31)11-18-3-2-8-33-25(18)37/h9,14-15,17-19,21-24,34H,2-8,10-12H2,1H3,(H,33,37)(H,35,38)/t18-,19-,21+,22+,23-,24+/m0/s1. The number of aromatic nitrogens is 1. The lowest BCUT2D eigenvalue weighted by atomic mass is 9.71. The average Bonchev–Trinajstić information content (AvgIpc) is 3.72. The summed E-state index contributed by atoms with van der Waals surface area (Å²) in [5.74, 6) is -5.77. The van der Waals surface area contributed by atoms with Crippen molar-refractivity contribution in [3.05, 3.63) is 24.0 Å². The Hall–Kier alpha value is -3.29. The number of alkyl halides is 2. The number of fused-ring (bicyclic) bond motifs is 3. The Labute approximate surface area is 227 Å². The molecule has 3 aliphatic heterocycles. The first-order valence-electron chi connectivity index (χ1n) is 14.0. The minimum absolute atomic E-state index is 0.103. The van der Waals surface area contributed by atoms with Crippen molar-refractivity contribution in [2.45, 2.75) is 94.8 Å². The van der Waals surface area contributed by atoms with Gasteiger partial charge >= 0.3 is 0 Å². The van der Waals surface area contributed by atoms with Crippen LogP contribution in [0, 0.1) is 36.0 Å². The number of hydrogen-bond donors (Lipinski definition) is 3. The fraction of sp³-hybridized carbons (Fsp3) is 0.679. The molecule has 6 rings (SSSR count). The van der Waals surface area contributed by atoms with Crippen molar-refractivity contribution in [2.75, 3.05) is 11.9 Å². The number of nitrogens with zero attached hydrogens (tertiary/aromatic N) is 3. The van der Waals surface area contributed by atoms with E-state index >= 15 is 8.78 Å². The Morgan fingerprint density at radius 1 is 1.23 bits per heavy atom. The van der Waals surface area contributed by atoms with E-state index in [1.807, 2.05) is 19.1 Å². The van der Waals surface area contributed by atoms with Gasteiger partial charge in [-0.15, -0.1) is 0 Å². The van der Waals surface area contributed by atoms with Crippen molar-refractivity contribution in [1.29, 1.82) is 5.26 Å². The summed E-state index contributed by atoms with van der Waals surface area (Å²) in [6, 6.07) is 0.0543. The van der Waals surface area contributed by atoms with Crippen LogP contribution in [0.1, 0.15) is 63.4 Å². The molecular formula is C28H36F2N6O3. The molecule has 5 fully saturated rings. The van der Waals surface area contributed by atoms with E-state index < -0.39 is 54.3 Å². The molecule has 0 aromatic carbocycles. The van der Waals surface area contributed by atoms with Gasteiger partial charge in [-0.2, -0.15) is 5.26 Å². The van der Waals surface area contributed by atoms with Crippen molar-refractivity contribution in [3.8, 4) is 6.07 Å². The second-order valence-corrected chi connectivity index (χ2v) is 11.7. The molecule has 4 heterocycles. The van der Waals surface area contributed by atoms with Crippen LogP contribution in [0.5, 0.6) is 0 Å². The van der Waals surface area contributed by atoms with E-state index in [1.54, 1.807) is 12.4 Å². The van der Waals surface area contributed by atoms with Gasteiger partial charge in [-0.1, -0.05) is 12.8 Å². The Balaban J connectivity index is 1.38. The lowest BCUT2D eigenvalue weighted by molar-refractivity contribution is -0.194. The summed E-state index contributed by atoms with van der Waals surface area (Å²) in [7, 11) is 0. The van der Waals surface area contributed by atoms with Gasteiger partial charge in [0.25, 0.3) is 5.92 Å². The zero-order valence-corrected chi connectivity index (χ0v) is 22.2. The quantitative estimate of drug-likeness (QED) is 0.440. The smallest absolute Gasteiger partial charge is 0.255 e. The van der Waals surface area contributed by atoms with Crippen LogP contribution in [-0.2, 0) is 14.4 Å². The summed E-state index contributed by atoms with van der Waals surface area (Å²) in [4.78, 5) is 45.5. The van der Waals surface area contributed by atoms with E-state index in [0.29, 0.717) is 37.4 Å². The summed E-state index contributed by atoms with van der Waals surface area (Å²) in [5, 5.41) is 18.4. The Morgan fingerprint density at radius 3 is 2.69 bits per heavy atom. The van der Waals surface area contributed by atoms with Gasteiger partial charge in [-0.25, -0.2) is 8.78 Å².